The minimum absolute atomic E-state index is 0.790. The highest BCUT2D eigenvalue weighted by Gasteiger charge is 2.16. The normalized spacial score (nSPS) is 12.1. The van der Waals surface area contributed by atoms with Gasteiger partial charge in [0.25, 0.3) is 0 Å². The van der Waals surface area contributed by atoms with Crippen molar-refractivity contribution in [3.8, 4) is 0 Å². The Balaban J connectivity index is 2.33. The molecule has 22 heavy (non-hydrogen) atoms. The molecule has 0 aliphatic heterocycles. The van der Waals surface area contributed by atoms with Crippen molar-refractivity contribution in [2.75, 3.05) is 0 Å². The molecule has 5 aromatic rings. The van der Waals surface area contributed by atoms with Crippen LogP contribution in [0.3, 0.4) is 0 Å². The van der Waals surface area contributed by atoms with E-state index in [0.29, 0.717) is 0 Å². The van der Waals surface area contributed by atoms with E-state index in [2.05, 4.69) is 48.5 Å². The molecular formula is C20H10Cl2. The molecule has 0 atom stereocenters. The van der Waals surface area contributed by atoms with E-state index >= 15 is 0 Å². The van der Waals surface area contributed by atoms with Gasteiger partial charge in [-0.1, -0.05) is 71.7 Å². The summed E-state index contributed by atoms with van der Waals surface area (Å²) in [4.78, 5) is 0. The molecule has 0 aliphatic rings. The fourth-order valence-electron chi connectivity index (χ4n) is 3.65. The lowest BCUT2D eigenvalue weighted by molar-refractivity contribution is 1.78. The molecule has 0 aliphatic carbocycles. The smallest absolute Gasteiger partial charge is 0.0491 e. The van der Waals surface area contributed by atoms with Crippen LogP contribution >= 0.6 is 23.2 Å². The quantitative estimate of drug-likeness (QED) is 0.212. The second-order valence-corrected chi connectivity index (χ2v) is 6.47. The summed E-state index contributed by atoms with van der Waals surface area (Å²) in [5, 5.41) is 10.9. The SMILES string of the molecule is Clc1ccc2cccc3c4c(Cl)ccc5cccc(c1c23)c54. The first-order valence-electron chi connectivity index (χ1n) is 7.19. The minimum atomic E-state index is 0.790. The lowest BCUT2D eigenvalue weighted by atomic mass is 9.90. The van der Waals surface area contributed by atoms with E-state index in [9.17, 15) is 0 Å². The Kier molecular flexibility index (Phi) is 2.42. The van der Waals surface area contributed by atoms with Crippen LogP contribution in [-0.2, 0) is 0 Å². The number of fused-ring (bicyclic) bond motifs is 2. The second-order valence-electron chi connectivity index (χ2n) is 5.65. The van der Waals surface area contributed by atoms with Crippen molar-refractivity contribution in [2.24, 2.45) is 0 Å². The van der Waals surface area contributed by atoms with Gasteiger partial charge >= 0.3 is 0 Å². The Morgan fingerprint density at radius 2 is 0.909 bits per heavy atom. The lowest BCUT2D eigenvalue weighted by Gasteiger charge is -2.16. The van der Waals surface area contributed by atoms with Crippen molar-refractivity contribution in [1.82, 2.24) is 0 Å². The standard InChI is InChI=1S/C20H10Cl2/c21-15-10-8-12-4-2-6-14-18(12)19(15)13-5-1-3-11-7-9-16(22)20(14)17(11)13/h1-10H. The Labute approximate surface area is 137 Å². The van der Waals surface area contributed by atoms with Gasteiger partial charge in [-0.25, -0.2) is 0 Å². The van der Waals surface area contributed by atoms with Crippen LogP contribution in [0.15, 0.2) is 60.7 Å². The third-order valence-electron chi connectivity index (χ3n) is 4.53. The third-order valence-corrected chi connectivity index (χ3v) is 5.16. The van der Waals surface area contributed by atoms with Crippen LogP contribution in [0.25, 0.3) is 43.1 Å². The lowest BCUT2D eigenvalue weighted by Crippen LogP contribution is -1.88. The van der Waals surface area contributed by atoms with Crippen molar-refractivity contribution < 1.29 is 0 Å². The summed E-state index contributed by atoms with van der Waals surface area (Å²) in [6.45, 7) is 0. The Morgan fingerprint density at radius 3 is 1.36 bits per heavy atom. The maximum atomic E-state index is 6.57. The fraction of sp³-hybridized carbons (Fsp3) is 0. The zero-order valence-corrected chi connectivity index (χ0v) is 13.0. The van der Waals surface area contributed by atoms with E-state index in [4.69, 9.17) is 23.2 Å². The molecule has 5 rings (SSSR count). The molecule has 0 radical (unpaired) electrons. The highest BCUT2D eigenvalue weighted by molar-refractivity contribution is 6.47. The average Bonchev–Trinajstić information content (AvgIpc) is 2.55. The van der Waals surface area contributed by atoms with Crippen LogP contribution in [0.2, 0.25) is 10.0 Å². The third kappa shape index (κ3) is 1.44. The predicted molar refractivity (Wildman–Crippen MR) is 97.7 cm³/mol. The molecule has 0 fully saturated rings. The first kappa shape index (κ1) is 12.5. The zero-order chi connectivity index (χ0) is 14.8. The summed E-state index contributed by atoms with van der Waals surface area (Å²) in [5.74, 6) is 0. The molecule has 5 aromatic carbocycles. The van der Waals surface area contributed by atoms with Gasteiger partial charge < -0.3 is 0 Å². The zero-order valence-electron chi connectivity index (χ0n) is 11.5. The van der Waals surface area contributed by atoms with Gasteiger partial charge in [0, 0.05) is 20.8 Å². The topological polar surface area (TPSA) is 0 Å². The van der Waals surface area contributed by atoms with Crippen LogP contribution in [0.4, 0.5) is 0 Å². The number of hydrogen-bond acceptors (Lipinski definition) is 0. The van der Waals surface area contributed by atoms with Crippen molar-refractivity contribution in [1.29, 1.82) is 0 Å². The maximum absolute atomic E-state index is 6.57. The number of benzene rings is 5. The van der Waals surface area contributed by atoms with Crippen LogP contribution in [-0.4, -0.2) is 0 Å². The number of halogens is 2. The second kappa shape index (κ2) is 4.25. The summed E-state index contributed by atoms with van der Waals surface area (Å²) >= 11 is 13.1. The highest BCUT2D eigenvalue weighted by Crippen LogP contribution is 2.44. The Hall–Kier alpha value is -2.02. The molecule has 0 aromatic heterocycles. The highest BCUT2D eigenvalue weighted by atomic mass is 35.5. The van der Waals surface area contributed by atoms with Crippen LogP contribution in [0.1, 0.15) is 0 Å². The van der Waals surface area contributed by atoms with Crippen molar-refractivity contribution in [3.63, 3.8) is 0 Å². The summed E-state index contributed by atoms with van der Waals surface area (Å²) in [5.41, 5.74) is 0. The minimum Gasteiger partial charge on any atom is -0.0836 e. The van der Waals surface area contributed by atoms with E-state index in [1.165, 1.54) is 32.3 Å². The van der Waals surface area contributed by atoms with Gasteiger partial charge in [0.05, 0.1) is 0 Å². The van der Waals surface area contributed by atoms with Gasteiger partial charge in [-0.15, -0.1) is 0 Å². The largest absolute Gasteiger partial charge is 0.0836 e. The van der Waals surface area contributed by atoms with Gasteiger partial charge in [0.15, 0.2) is 0 Å². The van der Waals surface area contributed by atoms with Crippen molar-refractivity contribution in [2.45, 2.75) is 0 Å². The van der Waals surface area contributed by atoms with Crippen LogP contribution in [0, 0.1) is 0 Å². The van der Waals surface area contributed by atoms with E-state index < -0.39 is 0 Å². The van der Waals surface area contributed by atoms with Crippen molar-refractivity contribution in [3.05, 3.63) is 70.7 Å². The van der Waals surface area contributed by atoms with Crippen LogP contribution < -0.4 is 0 Å². The summed E-state index contributed by atoms with van der Waals surface area (Å²) in [6.07, 6.45) is 0. The molecule has 0 N–H and O–H groups in total. The molecule has 0 unspecified atom stereocenters. The van der Waals surface area contributed by atoms with E-state index in [-0.39, 0.29) is 0 Å². The Bertz CT molecular complexity index is 1090. The molecule has 0 saturated carbocycles. The number of rotatable bonds is 0. The van der Waals surface area contributed by atoms with Crippen LogP contribution in [0.5, 0.6) is 0 Å². The molecular weight excluding hydrogens is 311 g/mol. The molecule has 104 valence electrons. The molecule has 2 heteroatoms. The monoisotopic (exact) mass is 320 g/mol. The molecule has 0 saturated heterocycles. The maximum Gasteiger partial charge on any atom is 0.0491 e. The molecule has 0 amide bonds. The van der Waals surface area contributed by atoms with Gasteiger partial charge in [-0.2, -0.15) is 0 Å². The fourth-order valence-corrected chi connectivity index (χ4v) is 4.17. The number of hydrogen-bond donors (Lipinski definition) is 0. The van der Waals surface area contributed by atoms with E-state index in [1.54, 1.807) is 0 Å². The Morgan fingerprint density at radius 1 is 0.455 bits per heavy atom. The summed E-state index contributed by atoms with van der Waals surface area (Å²) < 4.78 is 0. The summed E-state index contributed by atoms with van der Waals surface area (Å²) in [6, 6.07) is 20.8. The van der Waals surface area contributed by atoms with Gasteiger partial charge in [-0.05, 0) is 44.5 Å². The first-order chi connectivity index (χ1) is 10.8. The molecule has 0 heterocycles. The first-order valence-corrected chi connectivity index (χ1v) is 7.94. The van der Waals surface area contributed by atoms with E-state index in [0.717, 1.165) is 20.8 Å². The molecule has 0 bridgehead atoms. The predicted octanol–water partition coefficient (Wildman–Crippen LogP) is 7.04. The summed E-state index contributed by atoms with van der Waals surface area (Å²) in [7, 11) is 0. The van der Waals surface area contributed by atoms with Gasteiger partial charge in [0.1, 0.15) is 0 Å². The van der Waals surface area contributed by atoms with Gasteiger partial charge in [-0.3, -0.25) is 0 Å². The molecule has 0 nitrogen and oxygen atoms in total. The average molecular weight is 321 g/mol. The van der Waals surface area contributed by atoms with Gasteiger partial charge in [0.2, 0.25) is 0 Å². The molecule has 0 spiro atoms. The van der Waals surface area contributed by atoms with Crippen molar-refractivity contribution >= 4 is 66.3 Å². The van der Waals surface area contributed by atoms with E-state index in [1.807, 2.05) is 12.1 Å².